The van der Waals surface area contributed by atoms with Gasteiger partial charge in [-0.3, -0.25) is 4.79 Å². The number of carbonyl (C=O) groups excluding carboxylic acids is 1. The van der Waals surface area contributed by atoms with E-state index in [1.165, 1.54) is 7.11 Å². The number of carbonyl (C=O) groups is 1. The van der Waals surface area contributed by atoms with Crippen LogP contribution in [0, 0.1) is 17.2 Å². The molecule has 0 heterocycles. The SMILES string of the molecule is CO[C@@H](C(=O)Nc1ccccc1SC[C@H](C)C#N)c1ccccc1. The first-order valence-electron chi connectivity index (χ1n) is 7.65. The minimum Gasteiger partial charge on any atom is -0.367 e. The number of benzene rings is 2. The summed E-state index contributed by atoms with van der Waals surface area (Å²) in [6.07, 6.45) is -0.665. The number of nitrogens with one attached hydrogen (secondary N) is 1. The van der Waals surface area contributed by atoms with E-state index in [0.29, 0.717) is 5.75 Å². The molecule has 24 heavy (non-hydrogen) atoms. The first-order valence-corrected chi connectivity index (χ1v) is 8.64. The second-order valence-corrected chi connectivity index (χ2v) is 6.41. The van der Waals surface area contributed by atoms with E-state index in [4.69, 9.17) is 10.00 Å². The number of para-hydroxylation sites is 1. The van der Waals surface area contributed by atoms with Crippen LogP contribution in [0.15, 0.2) is 59.5 Å². The summed E-state index contributed by atoms with van der Waals surface area (Å²) in [5, 5.41) is 11.8. The molecule has 124 valence electrons. The lowest BCUT2D eigenvalue weighted by molar-refractivity contribution is -0.126. The van der Waals surface area contributed by atoms with E-state index < -0.39 is 6.10 Å². The molecule has 4 nitrogen and oxygen atoms in total. The number of rotatable bonds is 7. The highest BCUT2D eigenvalue weighted by atomic mass is 32.2. The van der Waals surface area contributed by atoms with E-state index >= 15 is 0 Å². The van der Waals surface area contributed by atoms with Crippen molar-refractivity contribution in [1.82, 2.24) is 0 Å². The van der Waals surface area contributed by atoms with Gasteiger partial charge in [-0.05, 0) is 24.6 Å². The van der Waals surface area contributed by atoms with Crippen LogP contribution in [0.25, 0.3) is 0 Å². The molecule has 1 amide bonds. The molecule has 0 saturated heterocycles. The van der Waals surface area contributed by atoms with E-state index in [9.17, 15) is 4.79 Å². The first-order chi connectivity index (χ1) is 11.7. The zero-order valence-corrected chi connectivity index (χ0v) is 14.5. The molecule has 1 N–H and O–H groups in total. The van der Waals surface area contributed by atoms with Gasteiger partial charge in [-0.15, -0.1) is 11.8 Å². The largest absolute Gasteiger partial charge is 0.367 e. The smallest absolute Gasteiger partial charge is 0.258 e. The van der Waals surface area contributed by atoms with Crippen LogP contribution in [0.3, 0.4) is 0 Å². The zero-order valence-electron chi connectivity index (χ0n) is 13.7. The summed E-state index contributed by atoms with van der Waals surface area (Å²) < 4.78 is 5.36. The van der Waals surface area contributed by atoms with Crippen LogP contribution in [0.5, 0.6) is 0 Å². The van der Waals surface area contributed by atoms with Crippen LogP contribution in [0.1, 0.15) is 18.6 Å². The number of hydrogen-bond donors (Lipinski definition) is 1. The van der Waals surface area contributed by atoms with Gasteiger partial charge < -0.3 is 10.1 Å². The Hall–Kier alpha value is -2.29. The predicted octanol–water partition coefficient (Wildman–Crippen LogP) is 4.26. The third-order valence-corrected chi connectivity index (χ3v) is 4.76. The van der Waals surface area contributed by atoms with Gasteiger partial charge in [-0.2, -0.15) is 5.26 Å². The van der Waals surface area contributed by atoms with Gasteiger partial charge in [0.1, 0.15) is 0 Å². The average molecular weight is 340 g/mol. The van der Waals surface area contributed by atoms with E-state index in [2.05, 4.69) is 11.4 Å². The molecule has 0 unspecified atom stereocenters. The fourth-order valence-electron chi connectivity index (χ4n) is 2.17. The van der Waals surface area contributed by atoms with Crippen molar-refractivity contribution in [2.45, 2.75) is 17.9 Å². The van der Waals surface area contributed by atoms with Crippen LogP contribution < -0.4 is 5.32 Å². The molecule has 0 aliphatic heterocycles. The van der Waals surface area contributed by atoms with Crippen molar-refractivity contribution in [3.8, 4) is 6.07 Å². The maximum Gasteiger partial charge on any atom is 0.258 e. The predicted molar refractivity (Wildman–Crippen MR) is 96.8 cm³/mol. The maximum atomic E-state index is 12.6. The van der Waals surface area contributed by atoms with Gasteiger partial charge in [0.05, 0.1) is 17.7 Å². The molecule has 0 spiro atoms. The molecule has 0 aromatic heterocycles. The average Bonchev–Trinajstić information content (AvgIpc) is 2.62. The second-order valence-electron chi connectivity index (χ2n) is 5.35. The molecule has 0 bridgehead atoms. The highest BCUT2D eigenvalue weighted by molar-refractivity contribution is 7.99. The lowest BCUT2D eigenvalue weighted by atomic mass is 10.1. The monoisotopic (exact) mass is 340 g/mol. The normalized spacial score (nSPS) is 12.9. The number of anilines is 1. The van der Waals surface area contributed by atoms with Crippen LogP contribution in [-0.4, -0.2) is 18.8 Å². The van der Waals surface area contributed by atoms with E-state index in [1.807, 2.05) is 61.5 Å². The number of ether oxygens (including phenoxy) is 1. The number of amides is 1. The number of methoxy groups -OCH3 is 1. The van der Waals surface area contributed by atoms with Crippen LogP contribution in [0.4, 0.5) is 5.69 Å². The lowest BCUT2D eigenvalue weighted by Crippen LogP contribution is -2.22. The minimum atomic E-state index is -0.665. The number of nitriles is 1. The number of thioether (sulfide) groups is 1. The minimum absolute atomic E-state index is 0.0465. The van der Waals surface area contributed by atoms with Crippen molar-refractivity contribution >= 4 is 23.4 Å². The fourth-order valence-corrected chi connectivity index (χ4v) is 3.12. The van der Waals surface area contributed by atoms with E-state index in [0.717, 1.165) is 16.1 Å². The number of hydrogen-bond acceptors (Lipinski definition) is 4. The van der Waals surface area contributed by atoms with Crippen molar-refractivity contribution in [2.75, 3.05) is 18.2 Å². The molecule has 2 aromatic carbocycles. The molecule has 2 aromatic rings. The molecule has 0 radical (unpaired) electrons. The highest BCUT2D eigenvalue weighted by Crippen LogP contribution is 2.29. The van der Waals surface area contributed by atoms with Crippen molar-refractivity contribution in [3.05, 3.63) is 60.2 Å². The van der Waals surface area contributed by atoms with Gasteiger partial charge in [-0.1, -0.05) is 42.5 Å². The van der Waals surface area contributed by atoms with Crippen molar-refractivity contribution in [2.24, 2.45) is 5.92 Å². The number of nitrogens with zero attached hydrogens (tertiary/aromatic N) is 1. The summed E-state index contributed by atoms with van der Waals surface area (Å²) >= 11 is 1.56. The summed E-state index contributed by atoms with van der Waals surface area (Å²) in [7, 11) is 1.52. The van der Waals surface area contributed by atoms with Gasteiger partial charge in [-0.25, -0.2) is 0 Å². The molecule has 0 fully saturated rings. The van der Waals surface area contributed by atoms with Gasteiger partial charge >= 0.3 is 0 Å². The second kappa shape index (κ2) is 9.11. The topological polar surface area (TPSA) is 62.1 Å². The molecule has 2 rings (SSSR count). The Balaban J connectivity index is 2.12. The van der Waals surface area contributed by atoms with Crippen molar-refractivity contribution in [1.29, 1.82) is 5.26 Å². The van der Waals surface area contributed by atoms with Gasteiger partial charge in [0.2, 0.25) is 0 Å². The standard InChI is InChI=1S/C19H20N2O2S/c1-14(12-20)13-24-17-11-7-6-10-16(17)21-19(22)18(23-2)15-8-4-3-5-9-15/h3-11,14,18H,13H2,1-2H3,(H,21,22)/t14-,18-/m1/s1. The Bertz CT molecular complexity index is 713. The van der Waals surface area contributed by atoms with Gasteiger partial charge in [0.25, 0.3) is 5.91 Å². The lowest BCUT2D eigenvalue weighted by Gasteiger charge is -2.17. The molecule has 0 aliphatic carbocycles. The molecule has 2 atom stereocenters. The fraction of sp³-hybridized carbons (Fsp3) is 0.263. The summed E-state index contributed by atoms with van der Waals surface area (Å²) in [6, 6.07) is 19.2. The summed E-state index contributed by atoms with van der Waals surface area (Å²) in [5.74, 6) is 0.412. The summed E-state index contributed by atoms with van der Waals surface area (Å²) in [5.41, 5.74) is 1.54. The quantitative estimate of drug-likeness (QED) is 0.765. The molecular weight excluding hydrogens is 320 g/mol. The molecule has 0 aliphatic rings. The molecule has 5 heteroatoms. The van der Waals surface area contributed by atoms with Crippen LogP contribution in [0.2, 0.25) is 0 Å². The maximum absolute atomic E-state index is 12.6. The third-order valence-electron chi connectivity index (χ3n) is 3.43. The highest BCUT2D eigenvalue weighted by Gasteiger charge is 2.20. The van der Waals surface area contributed by atoms with Crippen LogP contribution in [-0.2, 0) is 9.53 Å². The Morgan fingerprint density at radius 2 is 1.88 bits per heavy atom. The Morgan fingerprint density at radius 3 is 2.54 bits per heavy atom. The molecular formula is C19H20N2O2S. The summed E-state index contributed by atoms with van der Waals surface area (Å²) in [6.45, 7) is 1.88. The van der Waals surface area contributed by atoms with E-state index in [-0.39, 0.29) is 11.8 Å². The first kappa shape index (κ1) is 18.1. The zero-order chi connectivity index (χ0) is 17.4. The molecule has 0 saturated carbocycles. The third kappa shape index (κ3) is 4.85. The van der Waals surface area contributed by atoms with Crippen LogP contribution >= 0.6 is 11.8 Å². The van der Waals surface area contributed by atoms with Crippen molar-refractivity contribution in [3.63, 3.8) is 0 Å². The summed E-state index contributed by atoms with van der Waals surface area (Å²) in [4.78, 5) is 13.5. The van der Waals surface area contributed by atoms with Gasteiger partial charge in [0, 0.05) is 17.8 Å². The van der Waals surface area contributed by atoms with E-state index in [1.54, 1.807) is 11.8 Å². The Morgan fingerprint density at radius 1 is 1.21 bits per heavy atom. The Labute approximate surface area is 146 Å². The Kier molecular flexibility index (Phi) is 6.86. The van der Waals surface area contributed by atoms with Crippen molar-refractivity contribution < 1.29 is 9.53 Å². The van der Waals surface area contributed by atoms with Gasteiger partial charge in [0.15, 0.2) is 6.10 Å².